The minimum atomic E-state index is -0.458. The smallest absolute Gasteiger partial charge is 0.0689 e. The predicted molar refractivity (Wildman–Crippen MR) is 59.6 cm³/mol. The normalized spacial score (nSPS) is 20.4. The van der Waals surface area contributed by atoms with E-state index in [2.05, 4.69) is 12.0 Å². The van der Waals surface area contributed by atoms with Crippen LogP contribution in [0.25, 0.3) is 0 Å². The summed E-state index contributed by atoms with van der Waals surface area (Å²) in [6.45, 7) is 2.98. The summed E-state index contributed by atoms with van der Waals surface area (Å²) in [6, 6.07) is 0. The van der Waals surface area contributed by atoms with Crippen molar-refractivity contribution >= 4 is 0 Å². The number of aliphatic hydroxyl groups is 1. The van der Waals surface area contributed by atoms with Crippen molar-refractivity contribution in [3.8, 4) is 0 Å². The molecule has 0 amide bonds. The van der Waals surface area contributed by atoms with Crippen molar-refractivity contribution in [3.63, 3.8) is 0 Å². The van der Waals surface area contributed by atoms with Gasteiger partial charge in [-0.1, -0.05) is 19.3 Å². The van der Waals surface area contributed by atoms with E-state index in [4.69, 9.17) is 0 Å². The van der Waals surface area contributed by atoms with Crippen molar-refractivity contribution in [1.82, 2.24) is 9.78 Å². The van der Waals surface area contributed by atoms with Gasteiger partial charge in [0.1, 0.15) is 0 Å². The van der Waals surface area contributed by atoms with Crippen LogP contribution >= 0.6 is 0 Å². The first-order valence-electron chi connectivity index (χ1n) is 5.95. The van der Waals surface area contributed by atoms with E-state index in [9.17, 15) is 5.11 Å². The number of hydrogen-bond acceptors (Lipinski definition) is 2. The van der Waals surface area contributed by atoms with E-state index < -0.39 is 5.60 Å². The van der Waals surface area contributed by atoms with Gasteiger partial charge < -0.3 is 5.11 Å². The third-order valence-corrected chi connectivity index (χ3v) is 3.33. The fourth-order valence-corrected chi connectivity index (χ4v) is 2.44. The van der Waals surface area contributed by atoms with E-state index in [1.165, 1.54) is 24.8 Å². The Bertz CT molecular complexity index is 313. The molecule has 1 fully saturated rings. The Morgan fingerprint density at radius 3 is 2.73 bits per heavy atom. The molecule has 0 bridgehead atoms. The van der Waals surface area contributed by atoms with E-state index in [1.807, 2.05) is 17.1 Å². The molecule has 1 N–H and O–H groups in total. The first kappa shape index (κ1) is 10.7. The highest BCUT2D eigenvalue weighted by Crippen LogP contribution is 2.30. The van der Waals surface area contributed by atoms with E-state index in [1.54, 1.807) is 0 Å². The summed E-state index contributed by atoms with van der Waals surface area (Å²) in [7, 11) is 0. The maximum Gasteiger partial charge on any atom is 0.0689 e. The van der Waals surface area contributed by atoms with Crippen molar-refractivity contribution in [2.45, 2.75) is 57.6 Å². The zero-order chi connectivity index (χ0) is 10.7. The minimum Gasteiger partial charge on any atom is -0.390 e. The van der Waals surface area contributed by atoms with Crippen molar-refractivity contribution in [1.29, 1.82) is 0 Å². The fourth-order valence-electron chi connectivity index (χ4n) is 2.44. The topological polar surface area (TPSA) is 38.0 Å². The summed E-state index contributed by atoms with van der Waals surface area (Å²) in [4.78, 5) is 0. The molecule has 3 heteroatoms. The highest BCUT2D eigenvalue weighted by molar-refractivity contribution is 5.08. The molecule has 3 nitrogen and oxygen atoms in total. The van der Waals surface area contributed by atoms with Crippen LogP contribution in [0.15, 0.2) is 12.4 Å². The average molecular weight is 208 g/mol. The van der Waals surface area contributed by atoms with Gasteiger partial charge in [0.15, 0.2) is 0 Å². The lowest BCUT2D eigenvalue weighted by molar-refractivity contribution is 0.00447. The Labute approximate surface area is 91.1 Å². The van der Waals surface area contributed by atoms with Crippen LogP contribution < -0.4 is 0 Å². The Morgan fingerprint density at radius 2 is 2.13 bits per heavy atom. The summed E-state index contributed by atoms with van der Waals surface area (Å²) in [5.41, 5.74) is 0.709. The molecule has 1 aromatic rings. The Kier molecular flexibility index (Phi) is 3.10. The molecule has 0 spiro atoms. The van der Waals surface area contributed by atoms with E-state index in [-0.39, 0.29) is 0 Å². The molecule has 0 radical (unpaired) electrons. The second kappa shape index (κ2) is 4.35. The van der Waals surface area contributed by atoms with Gasteiger partial charge >= 0.3 is 0 Å². The molecule has 84 valence electrons. The second-order valence-corrected chi connectivity index (χ2v) is 4.67. The lowest BCUT2D eigenvalue weighted by Crippen LogP contribution is -2.33. The van der Waals surface area contributed by atoms with Gasteiger partial charge in [-0.25, -0.2) is 0 Å². The van der Waals surface area contributed by atoms with Crippen molar-refractivity contribution in [2.75, 3.05) is 0 Å². The summed E-state index contributed by atoms with van der Waals surface area (Å²) >= 11 is 0. The van der Waals surface area contributed by atoms with Gasteiger partial charge in [-0.05, 0) is 25.3 Å². The average Bonchev–Trinajstić information content (AvgIpc) is 2.66. The maximum absolute atomic E-state index is 10.4. The summed E-state index contributed by atoms with van der Waals surface area (Å²) in [6.07, 6.45) is 10.2. The molecule has 0 aromatic carbocycles. The summed E-state index contributed by atoms with van der Waals surface area (Å²) < 4.78 is 1.92. The van der Waals surface area contributed by atoms with E-state index in [0.717, 1.165) is 25.8 Å². The van der Waals surface area contributed by atoms with Crippen LogP contribution in [0.4, 0.5) is 0 Å². The second-order valence-electron chi connectivity index (χ2n) is 4.67. The molecule has 0 unspecified atom stereocenters. The molecule has 1 heterocycles. The molecule has 0 atom stereocenters. The summed E-state index contributed by atoms with van der Waals surface area (Å²) in [5.74, 6) is 0. The van der Waals surface area contributed by atoms with Crippen LogP contribution in [-0.2, 0) is 13.0 Å². The van der Waals surface area contributed by atoms with Gasteiger partial charge in [0.25, 0.3) is 0 Å². The number of nitrogens with zero attached hydrogens (tertiary/aromatic N) is 2. The molecule has 1 aromatic heterocycles. The Morgan fingerprint density at radius 1 is 1.40 bits per heavy atom. The lowest BCUT2D eigenvalue weighted by Gasteiger charge is -2.31. The molecular weight excluding hydrogens is 188 g/mol. The van der Waals surface area contributed by atoms with Gasteiger partial charge in [0, 0.05) is 19.2 Å². The molecule has 2 rings (SSSR count). The zero-order valence-electron chi connectivity index (χ0n) is 9.45. The van der Waals surface area contributed by atoms with Gasteiger partial charge in [-0.3, -0.25) is 4.68 Å². The molecule has 15 heavy (non-hydrogen) atoms. The largest absolute Gasteiger partial charge is 0.390 e. The van der Waals surface area contributed by atoms with Crippen LogP contribution in [0, 0.1) is 0 Å². The molecule has 1 aliphatic rings. The first-order valence-corrected chi connectivity index (χ1v) is 5.95. The van der Waals surface area contributed by atoms with Crippen LogP contribution in [0.2, 0.25) is 0 Å². The standard InChI is InChI=1S/C12H20N2O/c1-2-14-10-11(9-13-14)8-12(15)6-4-3-5-7-12/h9-10,15H,2-8H2,1H3. The van der Waals surface area contributed by atoms with Gasteiger partial charge in [-0.2, -0.15) is 5.10 Å². The van der Waals surface area contributed by atoms with Gasteiger partial charge in [-0.15, -0.1) is 0 Å². The van der Waals surface area contributed by atoms with Crippen LogP contribution in [0.1, 0.15) is 44.6 Å². The quantitative estimate of drug-likeness (QED) is 0.826. The van der Waals surface area contributed by atoms with Crippen LogP contribution in [-0.4, -0.2) is 20.5 Å². The fraction of sp³-hybridized carbons (Fsp3) is 0.750. The van der Waals surface area contributed by atoms with Crippen LogP contribution in [0.3, 0.4) is 0 Å². The molecule has 1 aliphatic carbocycles. The molecule has 0 aliphatic heterocycles. The Hall–Kier alpha value is -0.830. The zero-order valence-corrected chi connectivity index (χ0v) is 9.45. The van der Waals surface area contributed by atoms with Gasteiger partial charge in [0.05, 0.1) is 11.8 Å². The molecule has 0 saturated heterocycles. The minimum absolute atomic E-state index is 0.458. The SMILES string of the molecule is CCn1cc(CC2(O)CCCCC2)cn1. The maximum atomic E-state index is 10.4. The van der Waals surface area contributed by atoms with Crippen molar-refractivity contribution in [3.05, 3.63) is 18.0 Å². The van der Waals surface area contributed by atoms with Gasteiger partial charge in [0.2, 0.25) is 0 Å². The van der Waals surface area contributed by atoms with E-state index >= 15 is 0 Å². The number of aromatic nitrogens is 2. The van der Waals surface area contributed by atoms with Crippen molar-refractivity contribution in [2.24, 2.45) is 0 Å². The summed E-state index contributed by atoms with van der Waals surface area (Å²) in [5, 5.41) is 14.6. The predicted octanol–water partition coefficient (Wildman–Crippen LogP) is 2.14. The first-order chi connectivity index (χ1) is 7.22. The highest BCUT2D eigenvalue weighted by Gasteiger charge is 2.29. The number of hydrogen-bond donors (Lipinski definition) is 1. The highest BCUT2D eigenvalue weighted by atomic mass is 16.3. The number of rotatable bonds is 3. The van der Waals surface area contributed by atoms with E-state index in [0.29, 0.717) is 0 Å². The Balaban J connectivity index is 2.00. The lowest BCUT2D eigenvalue weighted by atomic mass is 9.81. The molecule has 1 saturated carbocycles. The number of aryl methyl sites for hydroxylation is 1. The monoisotopic (exact) mass is 208 g/mol. The van der Waals surface area contributed by atoms with Crippen molar-refractivity contribution < 1.29 is 5.11 Å². The van der Waals surface area contributed by atoms with Crippen LogP contribution in [0.5, 0.6) is 0 Å². The molecular formula is C12H20N2O. The third kappa shape index (κ3) is 2.59. The third-order valence-electron chi connectivity index (χ3n) is 3.33.